The van der Waals surface area contributed by atoms with Crippen LogP contribution in [0.2, 0.25) is 0 Å². The second kappa shape index (κ2) is 8.85. The summed E-state index contributed by atoms with van der Waals surface area (Å²) in [5.74, 6) is 0. The molecule has 0 rings (SSSR count). The molecule has 0 amide bonds. The van der Waals surface area contributed by atoms with Gasteiger partial charge in [-0.3, -0.25) is 0 Å². The third-order valence-corrected chi connectivity index (χ3v) is 0. The van der Waals surface area contributed by atoms with Gasteiger partial charge in [0.05, 0.1) is 0 Å². The van der Waals surface area contributed by atoms with Crippen LogP contribution < -0.4 is 0 Å². The van der Waals surface area contributed by atoms with Crippen LogP contribution in [0.15, 0.2) is 0 Å². The molecule has 0 aromatic carbocycles. The first-order valence-corrected chi connectivity index (χ1v) is 0.894. The molecule has 4 heavy (non-hydrogen) atoms. The van der Waals surface area contributed by atoms with Crippen LogP contribution in [0.5, 0.6) is 0 Å². The number of rotatable bonds is 0. The van der Waals surface area contributed by atoms with Crippen molar-refractivity contribution >= 4 is 0 Å². The molecule has 0 aromatic heterocycles. The Hall–Kier alpha value is 1.32. The van der Waals surface area contributed by atoms with E-state index in [1.807, 2.05) is 0 Å². The maximum atomic E-state index is 3.50. The smallest absolute Gasteiger partial charge is 0 e. The second-order valence-corrected chi connectivity index (χ2v) is 0.447. The first kappa shape index (κ1) is 9.01. The summed E-state index contributed by atoms with van der Waals surface area (Å²) in [6.07, 6.45) is 0. The van der Waals surface area contributed by atoms with Gasteiger partial charge in [0, 0.05) is 41.3 Å². The summed E-state index contributed by atoms with van der Waals surface area (Å²) in [7, 11) is 3.50. The molecular weight excluding hydrogens is 179 g/mol. The summed E-state index contributed by atoms with van der Waals surface area (Å²) < 4.78 is 0. The van der Waals surface area contributed by atoms with Gasteiger partial charge < -0.3 is 5.32 Å². The molecule has 0 heterocycles. The fraction of sp³-hybridized carbons (Fsp3) is 1.00. The molecule has 0 saturated heterocycles. The van der Waals surface area contributed by atoms with E-state index in [1.54, 1.807) is 14.1 Å². The third-order valence-electron chi connectivity index (χ3n) is 0. The van der Waals surface area contributed by atoms with Crippen LogP contribution in [0.3, 0.4) is 0 Å². The quantitative estimate of drug-likeness (QED) is 0.525. The van der Waals surface area contributed by atoms with Gasteiger partial charge >= 0.3 is 0 Å². The van der Waals surface area contributed by atoms with Crippen LogP contribution in [-0.4, -0.2) is 14.1 Å². The van der Waals surface area contributed by atoms with E-state index in [0.29, 0.717) is 0 Å². The van der Waals surface area contributed by atoms with Crippen LogP contribution >= 0.6 is 0 Å². The topological polar surface area (TPSA) is 14.1 Å². The molecular formula is C2H6NPr-. The summed E-state index contributed by atoms with van der Waals surface area (Å²) in [6.45, 7) is 0. The molecule has 2 heteroatoms. The van der Waals surface area contributed by atoms with Gasteiger partial charge in [-0.1, -0.05) is 0 Å². The van der Waals surface area contributed by atoms with Crippen LogP contribution in [0.4, 0.5) is 0 Å². The molecule has 0 unspecified atom stereocenters. The van der Waals surface area contributed by atoms with E-state index in [-0.39, 0.29) is 41.3 Å². The maximum Gasteiger partial charge on any atom is 0 e. The monoisotopic (exact) mass is 185 g/mol. The normalized spacial score (nSPS) is 4.50. The van der Waals surface area contributed by atoms with Crippen molar-refractivity contribution in [3.05, 3.63) is 5.32 Å². The SMILES string of the molecule is C[N-]C.[Pr]. The summed E-state index contributed by atoms with van der Waals surface area (Å²) >= 11 is 0. The molecule has 0 atom stereocenters. The van der Waals surface area contributed by atoms with E-state index in [0.717, 1.165) is 0 Å². The molecule has 0 aliphatic rings. The third kappa shape index (κ3) is 10.2. The molecule has 0 spiro atoms. The van der Waals surface area contributed by atoms with Crippen molar-refractivity contribution in [1.82, 2.24) is 0 Å². The van der Waals surface area contributed by atoms with E-state index < -0.39 is 0 Å². The van der Waals surface area contributed by atoms with Crippen molar-refractivity contribution in [3.63, 3.8) is 0 Å². The van der Waals surface area contributed by atoms with Crippen molar-refractivity contribution in [2.24, 2.45) is 0 Å². The van der Waals surface area contributed by atoms with Crippen molar-refractivity contribution in [1.29, 1.82) is 0 Å². The minimum Gasteiger partial charge on any atom is -0.668 e. The first-order valence-electron chi connectivity index (χ1n) is 0.894. The Kier molecular flexibility index (Phi) is 19.9. The number of nitrogens with zero attached hydrogens (tertiary/aromatic N) is 1. The molecule has 23 valence electrons. The van der Waals surface area contributed by atoms with Crippen molar-refractivity contribution in [2.75, 3.05) is 14.1 Å². The van der Waals surface area contributed by atoms with Crippen LogP contribution in [-0.2, 0) is 0 Å². The Morgan fingerprint density at radius 1 is 1.25 bits per heavy atom. The van der Waals surface area contributed by atoms with Gasteiger partial charge in [-0.2, -0.15) is 14.1 Å². The minimum absolute atomic E-state index is 0. The van der Waals surface area contributed by atoms with E-state index in [1.165, 1.54) is 0 Å². The summed E-state index contributed by atoms with van der Waals surface area (Å²) in [5.41, 5.74) is 0. The van der Waals surface area contributed by atoms with Gasteiger partial charge in [0.2, 0.25) is 0 Å². The summed E-state index contributed by atoms with van der Waals surface area (Å²) in [6, 6.07) is 0. The number of hydrogen-bond donors (Lipinski definition) is 0. The molecule has 0 N–H and O–H groups in total. The predicted molar refractivity (Wildman–Crippen MR) is 15.2 cm³/mol. The zero-order chi connectivity index (χ0) is 2.71. The molecule has 1 radical (unpaired) electrons. The molecule has 0 aliphatic heterocycles. The van der Waals surface area contributed by atoms with E-state index in [9.17, 15) is 0 Å². The van der Waals surface area contributed by atoms with Crippen LogP contribution in [0.1, 0.15) is 0 Å². The Morgan fingerprint density at radius 2 is 1.25 bits per heavy atom. The zero-order valence-electron chi connectivity index (χ0n) is 3.02. The molecule has 0 bridgehead atoms. The van der Waals surface area contributed by atoms with Crippen LogP contribution in [0.25, 0.3) is 5.32 Å². The minimum atomic E-state index is 0. The van der Waals surface area contributed by atoms with Gasteiger partial charge in [0.1, 0.15) is 0 Å². The standard InChI is InChI=1S/C2H6N.Pr/c1-3-2;/h1-2H3;/q-1;. The first-order chi connectivity index (χ1) is 1.41. The van der Waals surface area contributed by atoms with Gasteiger partial charge in [-0.25, -0.2) is 0 Å². The average molecular weight is 185 g/mol. The van der Waals surface area contributed by atoms with Crippen molar-refractivity contribution < 1.29 is 41.3 Å². The maximum absolute atomic E-state index is 3.50. The number of hydrogen-bond acceptors (Lipinski definition) is 0. The molecule has 0 aromatic rings. The second-order valence-electron chi connectivity index (χ2n) is 0.447. The van der Waals surface area contributed by atoms with Gasteiger partial charge in [-0.05, 0) is 0 Å². The zero-order valence-corrected chi connectivity index (χ0v) is 6.73. The van der Waals surface area contributed by atoms with E-state index in [4.69, 9.17) is 0 Å². The fourth-order valence-electron chi connectivity index (χ4n) is 0. The average Bonchev–Trinajstić information content (AvgIpc) is 0.918. The Bertz CT molecular complexity index is 6.00. The van der Waals surface area contributed by atoms with Gasteiger partial charge in [0.25, 0.3) is 0 Å². The summed E-state index contributed by atoms with van der Waals surface area (Å²) in [4.78, 5) is 0. The molecule has 0 saturated carbocycles. The molecule has 1 nitrogen and oxygen atoms in total. The van der Waals surface area contributed by atoms with E-state index >= 15 is 0 Å². The largest absolute Gasteiger partial charge is 0.668 e. The predicted octanol–water partition coefficient (Wildman–Crippen LogP) is 0.620. The summed E-state index contributed by atoms with van der Waals surface area (Å²) in [5, 5.41) is 3.50. The Balaban J connectivity index is 0. The Labute approximate surface area is 60.1 Å². The van der Waals surface area contributed by atoms with Crippen LogP contribution in [0, 0.1) is 41.3 Å². The van der Waals surface area contributed by atoms with Crippen molar-refractivity contribution in [3.8, 4) is 0 Å². The molecule has 0 aliphatic carbocycles. The molecule has 0 fully saturated rings. The van der Waals surface area contributed by atoms with Gasteiger partial charge in [-0.15, -0.1) is 0 Å². The van der Waals surface area contributed by atoms with Gasteiger partial charge in [0.15, 0.2) is 0 Å². The van der Waals surface area contributed by atoms with E-state index in [2.05, 4.69) is 5.32 Å². The fourth-order valence-corrected chi connectivity index (χ4v) is 0. The van der Waals surface area contributed by atoms with Crippen molar-refractivity contribution in [2.45, 2.75) is 0 Å². The Morgan fingerprint density at radius 3 is 1.25 bits per heavy atom.